The van der Waals surface area contributed by atoms with Gasteiger partial charge in [-0.05, 0) is 6.07 Å². The molecule has 0 aliphatic carbocycles. The summed E-state index contributed by atoms with van der Waals surface area (Å²) in [6.07, 6.45) is 0.654. The highest BCUT2D eigenvalue weighted by molar-refractivity contribution is 7.32. The van der Waals surface area contributed by atoms with Crippen LogP contribution in [-0.2, 0) is 20.4 Å². The molecule has 10 heteroatoms. The van der Waals surface area contributed by atoms with Crippen LogP contribution in [0, 0.1) is 0 Å². The molecule has 0 aromatic carbocycles. The van der Waals surface area contributed by atoms with Crippen LogP contribution in [0.25, 0.3) is 0 Å². The number of nitrogens with zero attached hydrogens (tertiary/aromatic N) is 2. The molecule has 1 aromatic heterocycles. The van der Waals surface area contributed by atoms with Gasteiger partial charge in [-0.3, -0.25) is 13.7 Å². The normalized spacial score (nSPS) is 14.3. The van der Waals surface area contributed by atoms with Crippen molar-refractivity contribution in [2.24, 2.45) is 0 Å². The first-order valence-electron chi connectivity index (χ1n) is 4.94. The Morgan fingerprint density at radius 2 is 2.33 bits per heavy atom. The molecular formula is C8H14N3O6P. The van der Waals surface area contributed by atoms with E-state index in [4.69, 9.17) is 20.5 Å². The second-order valence-electron chi connectivity index (χ2n) is 3.29. The van der Waals surface area contributed by atoms with Gasteiger partial charge < -0.3 is 20.5 Å². The lowest BCUT2D eigenvalue weighted by Gasteiger charge is -2.15. The summed E-state index contributed by atoms with van der Waals surface area (Å²) < 4.78 is 20.7. The van der Waals surface area contributed by atoms with Crippen LogP contribution in [0.15, 0.2) is 17.1 Å². The van der Waals surface area contributed by atoms with Gasteiger partial charge in [0.1, 0.15) is 11.9 Å². The molecule has 0 spiro atoms. The number of anilines is 1. The number of hydrogen-bond acceptors (Lipinski definition) is 7. The summed E-state index contributed by atoms with van der Waals surface area (Å²) in [4.78, 5) is 23.3. The average molecular weight is 279 g/mol. The van der Waals surface area contributed by atoms with Gasteiger partial charge in [-0.1, -0.05) is 0 Å². The predicted octanol–water partition coefficient (Wildman–Crippen LogP) is -1.44. The van der Waals surface area contributed by atoms with E-state index in [0.717, 1.165) is 0 Å². The summed E-state index contributed by atoms with van der Waals surface area (Å²) in [5.74, 6) is 0.0972. The van der Waals surface area contributed by atoms with E-state index in [2.05, 4.69) is 9.51 Å². The summed E-state index contributed by atoms with van der Waals surface area (Å²) in [7, 11) is -3.08. The number of aliphatic hydroxyl groups is 1. The zero-order valence-electron chi connectivity index (χ0n) is 9.35. The first kappa shape index (κ1) is 14.8. The standard InChI is InChI=1S/C8H14N3O6P/c9-7-1-2-11(8(13)10-7)3-6(4-12)16-5-17-18(14)15/h1-2,6,12,18H,3-5H2,(H,14,15)(H2,9,10,13). The summed E-state index contributed by atoms with van der Waals surface area (Å²) in [6.45, 7) is -0.804. The molecule has 0 radical (unpaired) electrons. The first-order valence-corrected chi connectivity index (χ1v) is 6.20. The molecule has 9 nitrogen and oxygen atoms in total. The molecule has 0 saturated carbocycles. The number of rotatable bonds is 7. The molecule has 1 heterocycles. The van der Waals surface area contributed by atoms with Crippen LogP contribution in [0.3, 0.4) is 0 Å². The Kier molecular flexibility index (Phi) is 5.96. The van der Waals surface area contributed by atoms with Gasteiger partial charge in [-0.15, -0.1) is 0 Å². The first-order chi connectivity index (χ1) is 8.52. The third-order valence-corrected chi connectivity index (χ3v) is 2.35. The lowest BCUT2D eigenvalue weighted by molar-refractivity contribution is -0.0641. The average Bonchev–Trinajstić information content (AvgIpc) is 2.30. The molecule has 2 atom stereocenters. The maximum atomic E-state index is 11.4. The molecule has 0 aliphatic rings. The van der Waals surface area contributed by atoms with Gasteiger partial charge in [-0.25, -0.2) is 4.79 Å². The molecule has 2 unspecified atom stereocenters. The number of ether oxygens (including phenoxy) is 1. The van der Waals surface area contributed by atoms with Gasteiger partial charge in [0, 0.05) is 6.20 Å². The van der Waals surface area contributed by atoms with Crippen molar-refractivity contribution in [2.75, 3.05) is 19.1 Å². The third-order valence-electron chi connectivity index (χ3n) is 1.99. The summed E-state index contributed by atoms with van der Waals surface area (Å²) in [6, 6.07) is 1.43. The highest BCUT2D eigenvalue weighted by Gasteiger charge is 2.10. The molecule has 0 aliphatic heterocycles. The minimum Gasteiger partial charge on any atom is -0.394 e. The number of hydrogen-bond donors (Lipinski definition) is 3. The molecule has 0 amide bonds. The van der Waals surface area contributed by atoms with Crippen LogP contribution in [-0.4, -0.2) is 39.1 Å². The summed E-state index contributed by atoms with van der Waals surface area (Å²) >= 11 is 0. The Bertz CT molecular complexity index is 464. The highest BCUT2D eigenvalue weighted by Crippen LogP contribution is 2.14. The van der Waals surface area contributed by atoms with E-state index < -0.39 is 26.8 Å². The van der Waals surface area contributed by atoms with Crippen molar-refractivity contribution >= 4 is 14.1 Å². The van der Waals surface area contributed by atoms with Gasteiger partial charge >= 0.3 is 13.9 Å². The Morgan fingerprint density at radius 1 is 1.61 bits per heavy atom. The summed E-state index contributed by atoms with van der Waals surface area (Å²) in [5.41, 5.74) is 4.74. The topological polar surface area (TPSA) is 137 Å². The fraction of sp³-hybridized carbons (Fsp3) is 0.500. The predicted molar refractivity (Wildman–Crippen MR) is 62.0 cm³/mol. The smallest absolute Gasteiger partial charge is 0.349 e. The van der Waals surface area contributed by atoms with Crippen LogP contribution >= 0.6 is 8.25 Å². The van der Waals surface area contributed by atoms with Crippen molar-refractivity contribution in [3.63, 3.8) is 0 Å². The quantitative estimate of drug-likeness (QED) is 0.407. The van der Waals surface area contributed by atoms with Gasteiger partial charge in [0.2, 0.25) is 0 Å². The van der Waals surface area contributed by atoms with Crippen molar-refractivity contribution in [1.29, 1.82) is 0 Å². The Labute approximate surface area is 103 Å². The van der Waals surface area contributed by atoms with Crippen LogP contribution in [0.5, 0.6) is 0 Å². The molecule has 1 aromatic rings. The number of nitrogens with two attached hydrogens (primary N) is 1. The van der Waals surface area contributed by atoms with Crippen LogP contribution in [0.2, 0.25) is 0 Å². The van der Waals surface area contributed by atoms with Crippen molar-refractivity contribution in [3.05, 3.63) is 22.7 Å². The van der Waals surface area contributed by atoms with E-state index in [-0.39, 0.29) is 19.0 Å². The van der Waals surface area contributed by atoms with Crippen molar-refractivity contribution in [3.8, 4) is 0 Å². The van der Waals surface area contributed by atoms with Crippen molar-refractivity contribution in [1.82, 2.24) is 9.55 Å². The van der Waals surface area contributed by atoms with Gasteiger partial charge in [-0.2, -0.15) is 4.98 Å². The highest BCUT2D eigenvalue weighted by atomic mass is 31.1. The maximum absolute atomic E-state index is 11.4. The minimum atomic E-state index is -3.08. The molecule has 1 rings (SSSR count). The van der Waals surface area contributed by atoms with Crippen LogP contribution < -0.4 is 11.4 Å². The van der Waals surface area contributed by atoms with Crippen molar-refractivity contribution in [2.45, 2.75) is 12.6 Å². The molecular weight excluding hydrogens is 265 g/mol. The van der Waals surface area contributed by atoms with E-state index in [1.807, 2.05) is 0 Å². The van der Waals surface area contributed by atoms with E-state index in [1.54, 1.807) is 0 Å². The number of aliphatic hydroxyl groups excluding tert-OH is 1. The molecule has 0 saturated heterocycles. The van der Waals surface area contributed by atoms with E-state index in [9.17, 15) is 9.36 Å². The second kappa shape index (κ2) is 7.24. The Hall–Kier alpha value is -1.25. The van der Waals surface area contributed by atoms with Gasteiger partial charge in [0.15, 0.2) is 6.79 Å². The third kappa shape index (κ3) is 4.94. The number of aromatic nitrogens is 2. The molecule has 4 N–H and O–H groups in total. The summed E-state index contributed by atoms with van der Waals surface area (Å²) in [5, 5.41) is 9.02. The monoisotopic (exact) mass is 279 g/mol. The minimum absolute atomic E-state index is 0.0261. The van der Waals surface area contributed by atoms with Gasteiger partial charge in [0.25, 0.3) is 0 Å². The van der Waals surface area contributed by atoms with E-state index in [1.165, 1.54) is 16.8 Å². The Morgan fingerprint density at radius 3 is 2.89 bits per heavy atom. The van der Waals surface area contributed by atoms with Crippen LogP contribution in [0.4, 0.5) is 5.82 Å². The molecule has 18 heavy (non-hydrogen) atoms. The zero-order valence-corrected chi connectivity index (χ0v) is 10.4. The SMILES string of the molecule is Nc1ccn(CC(CO)OCO[PH](=O)O)c(=O)n1. The second-order valence-corrected chi connectivity index (χ2v) is 4.11. The van der Waals surface area contributed by atoms with E-state index >= 15 is 0 Å². The molecule has 0 bridgehead atoms. The Balaban J connectivity index is 2.57. The van der Waals surface area contributed by atoms with Crippen LogP contribution in [0.1, 0.15) is 0 Å². The lowest BCUT2D eigenvalue weighted by Crippen LogP contribution is -2.32. The zero-order chi connectivity index (χ0) is 13.5. The van der Waals surface area contributed by atoms with E-state index in [0.29, 0.717) is 0 Å². The fourth-order valence-corrected chi connectivity index (χ4v) is 1.31. The maximum Gasteiger partial charge on any atom is 0.349 e. The lowest BCUT2D eigenvalue weighted by atomic mass is 10.3. The van der Waals surface area contributed by atoms with Gasteiger partial charge in [0.05, 0.1) is 13.2 Å². The number of nitrogen functional groups attached to an aromatic ring is 1. The fourth-order valence-electron chi connectivity index (χ4n) is 1.14. The molecule has 102 valence electrons. The van der Waals surface area contributed by atoms with Crippen molar-refractivity contribution < 1.29 is 23.8 Å². The largest absolute Gasteiger partial charge is 0.394 e. The molecule has 0 fully saturated rings.